The molecule has 2 aliphatic rings. The van der Waals surface area contributed by atoms with Crippen molar-refractivity contribution in [3.63, 3.8) is 0 Å². The van der Waals surface area contributed by atoms with E-state index in [1.807, 2.05) is 4.90 Å². The van der Waals surface area contributed by atoms with E-state index in [0.717, 1.165) is 39.1 Å². The Hall–Kier alpha value is -2.04. The summed E-state index contributed by atoms with van der Waals surface area (Å²) in [6.07, 6.45) is -3.81. The molecule has 0 bridgehead atoms. The van der Waals surface area contributed by atoms with Gasteiger partial charge in [-0.1, -0.05) is 12.1 Å². The number of nitrogens with zero attached hydrogens (tertiary/aromatic N) is 2. The zero-order valence-corrected chi connectivity index (χ0v) is 16.2. The Kier molecular flexibility index (Phi) is 7.57. The number of ether oxygens (including phenoxy) is 2. The Balaban J connectivity index is 1.52. The number of carbonyl (C=O) groups is 1. The number of amides is 2. The van der Waals surface area contributed by atoms with Crippen LogP contribution in [-0.4, -0.2) is 80.7 Å². The van der Waals surface area contributed by atoms with E-state index in [4.69, 9.17) is 4.74 Å². The predicted molar refractivity (Wildman–Crippen MR) is 101 cm³/mol. The van der Waals surface area contributed by atoms with Crippen molar-refractivity contribution in [2.45, 2.75) is 25.4 Å². The number of alkyl halides is 3. The molecular formula is C19H27F3N4O3. The number of hydrogen-bond acceptors (Lipinski definition) is 5. The molecule has 2 saturated heterocycles. The second-order valence-corrected chi connectivity index (χ2v) is 7.14. The summed E-state index contributed by atoms with van der Waals surface area (Å²) in [7, 11) is 0. The first-order valence-corrected chi connectivity index (χ1v) is 9.81. The maximum Gasteiger partial charge on any atom is 0.573 e. The van der Waals surface area contributed by atoms with Crippen molar-refractivity contribution in [2.24, 2.45) is 0 Å². The van der Waals surface area contributed by atoms with Crippen molar-refractivity contribution in [3.05, 3.63) is 29.8 Å². The summed E-state index contributed by atoms with van der Waals surface area (Å²) in [5.41, 5.74) is 0.700. The normalized spacial score (nSPS) is 20.4. The molecule has 2 amide bonds. The molecule has 0 radical (unpaired) electrons. The summed E-state index contributed by atoms with van der Waals surface area (Å²) in [5, 5.41) is 6.17. The van der Waals surface area contributed by atoms with Gasteiger partial charge in [-0.3, -0.25) is 4.90 Å². The lowest BCUT2D eigenvalue weighted by Gasteiger charge is -2.33. The molecule has 2 aliphatic heterocycles. The minimum absolute atomic E-state index is 0.138. The Bertz CT molecular complexity index is 645. The quantitative estimate of drug-likeness (QED) is 0.710. The molecule has 0 aromatic heterocycles. The molecule has 29 heavy (non-hydrogen) atoms. The van der Waals surface area contributed by atoms with E-state index in [2.05, 4.69) is 20.3 Å². The van der Waals surface area contributed by atoms with Crippen LogP contribution < -0.4 is 15.4 Å². The van der Waals surface area contributed by atoms with Crippen molar-refractivity contribution in [3.8, 4) is 5.75 Å². The Morgan fingerprint density at radius 1 is 1.28 bits per heavy atom. The first-order chi connectivity index (χ1) is 13.9. The van der Waals surface area contributed by atoms with E-state index in [0.29, 0.717) is 25.3 Å². The maximum atomic E-state index is 12.8. The smallest absolute Gasteiger partial charge is 0.406 e. The molecule has 2 heterocycles. The fourth-order valence-electron chi connectivity index (χ4n) is 3.52. The second kappa shape index (κ2) is 10.1. The average molecular weight is 416 g/mol. The Morgan fingerprint density at radius 2 is 2.00 bits per heavy atom. The van der Waals surface area contributed by atoms with Gasteiger partial charge in [0.15, 0.2) is 0 Å². The molecular weight excluding hydrogens is 389 g/mol. The number of urea groups is 1. The molecule has 1 atom stereocenters. The molecule has 0 saturated carbocycles. The van der Waals surface area contributed by atoms with Crippen LogP contribution in [0.25, 0.3) is 0 Å². The predicted octanol–water partition coefficient (Wildman–Crippen LogP) is 1.79. The average Bonchev–Trinajstić information content (AvgIpc) is 3.22. The summed E-state index contributed by atoms with van der Waals surface area (Å²) in [5.74, 6) is -0.281. The summed E-state index contributed by atoms with van der Waals surface area (Å²) < 4.78 is 45.9. The molecule has 1 unspecified atom stereocenters. The number of hydrogen-bond donors (Lipinski definition) is 2. The van der Waals surface area contributed by atoms with Gasteiger partial charge in [0.1, 0.15) is 5.75 Å². The van der Waals surface area contributed by atoms with Gasteiger partial charge in [-0.05, 0) is 30.7 Å². The van der Waals surface area contributed by atoms with Gasteiger partial charge in [0.2, 0.25) is 0 Å². The number of benzene rings is 1. The number of halogens is 3. The summed E-state index contributed by atoms with van der Waals surface area (Å²) in [6.45, 7) is 6.45. The molecule has 1 aromatic carbocycles. The minimum Gasteiger partial charge on any atom is -0.406 e. The molecule has 1 aromatic rings. The molecule has 10 heteroatoms. The zero-order valence-electron chi connectivity index (χ0n) is 16.2. The molecule has 0 spiro atoms. The lowest BCUT2D eigenvalue weighted by molar-refractivity contribution is -0.274. The third kappa shape index (κ3) is 7.06. The van der Waals surface area contributed by atoms with E-state index in [-0.39, 0.29) is 24.4 Å². The maximum absolute atomic E-state index is 12.8. The van der Waals surface area contributed by atoms with E-state index < -0.39 is 6.36 Å². The van der Waals surface area contributed by atoms with Crippen LogP contribution in [0.15, 0.2) is 24.3 Å². The van der Waals surface area contributed by atoms with Gasteiger partial charge >= 0.3 is 12.4 Å². The number of nitrogens with one attached hydrogen (secondary N) is 2. The van der Waals surface area contributed by atoms with Crippen LogP contribution in [-0.2, 0) is 11.3 Å². The molecule has 0 aliphatic carbocycles. The third-order valence-electron chi connectivity index (χ3n) is 5.10. The van der Waals surface area contributed by atoms with Crippen LogP contribution in [0, 0.1) is 0 Å². The highest BCUT2D eigenvalue weighted by molar-refractivity contribution is 5.74. The van der Waals surface area contributed by atoms with Gasteiger partial charge in [-0.25, -0.2) is 4.79 Å². The lowest BCUT2D eigenvalue weighted by atomic mass is 10.2. The van der Waals surface area contributed by atoms with Crippen molar-refractivity contribution in [1.29, 1.82) is 0 Å². The molecule has 2 N–H and O–H groups in total. The zero-order chi connectivity index (χ0) is 20.7. The van der Waals surface area contributed by atoms with Crippen LogP contribution in [0.2, 0.25) is 0 Å². The van der Waals surface area contributed by atoms with Crippen LogP contribution in [0.1, 0.15) is 12.0 Å². The summed E-state index contributed by atoms with van der Waals surface area (Å²) in [4.78, 5) is 16.9. The number of carbonyl (C=O) groups excluding carboxylic acids is 1. The monoisotopic (exact) mass is 416 g/mol. The molecule has 2 fully saturated rings. The van der Waals surface area contributed by atoms with Crippen LogP contribution in [0.5, 0.6) is 5.75 Å². The van der Waals surface area contributed by atoms with Gasteiger partial charge in [0, 0.05) is 45.3 Å². The van der Waals surface area contributed by atoms with Gasteiger partial charge in [-0.15, -0.1) is 13.2 Å². The lowest BCUT2D eigenvalue weighted by Crippen LogP contribution is -2.50. The second-order valence-electron chi connectivity index (χ2n) is 7.14. The summed E-state index contributed by atoms with van der Waals surface area (Å²) >= 11 is 0. The van der Waals surface area contributed by atoms with E-state index in [1.165, 1.54) is 24.3 Å². The standard InChI is InChI=1S/C19H27F3N4O3/c20-19(21,22)29-17-3-1-15(2-4-17)13-24-18(27)26(16-5-6-23-14-16)8-7-25-9-11-28-12-10-25/h1-4,16,23H,5-14H2,(H,24,27). The van der Waals surface area contributed by atoms with E-state index in [9.17, 15) is 18.0 Å². The first kappa shape index (κ1) is 21.7. The van der Waals surface area contributed by atoms with Gasteiger partial charge in [0.05, 0.1) is 13.2 Å². The molecule has 162 valence electrons. The van der Waals surface area contributed by atoms with Crippen LogP contribution in [0.3, 0.4) is 0 Å². The molecule has 3 rings (SSSR count). The van der Waals surface area contributed by atoms with E-state index in [1.54, 1.807) is 0 Å². The molecule has 7 nitrogen and oxygen atoms in total. The third-order valence-corrected chi connectivity index (χ3v) is 5.10. The number of morpholine rings is 1. The van der Waals surface area contributed by atoms with Crippen LogP contribution in [0.4, 0.5) is 18.0 Å². The number of rotatable bonds is 7. The highest BCUT2D eigenvalue weighted by Crippen LogP contribution is 2.22. The van der Waals surface area contributed by atoms with Gasteiger partial charge < -0.3 is 25.0 Å². The van der Waals surface area contributed by atoms with Crippen LogP contribution >= 0.6 is 0 Å². The highest BCUT2D eigenvalue weighted by atomic mass is 19.4. The first-order valence-electron chi connectivity index (χ1n) is 9.81. The minimum atomic E-state index is -4.72. The summed E-state index contributed by atoms with van der Waals surface area (Å²) in [6, 6.07) is 5.48. The Labute approximate surface area is 168 Å². The fraction of sp³-hybridized carbons (Fsp3) is 0.632. The van der Waals surface area contributed by atoms with Crippen molar-refractivity contribution in [2.75, 3.05) is 52.5 Å². The topological polar surface area (TPSA) is 66.1 Å². The van der Waals surface area contributed by atoms with Gasteiger partial charge in [-0.2, -0.15) is 0 Å². The largest absolute Gasteiger partial charge is 0.573 e. The van der Waals surface area contributed by atoms with Crippen molar-refractivity contribution < 1.29 is 27.4 Å². The SMILES string of the molecule is O=C(NCc1ccc(OC(F)(F)F)cc1)N(CCN1CCOCC1)C1CCNC1. The van der Waals surface area contributed by atoms with Crippen molar-refractivity contribution in [1.82, 2.24) is 20.4 Å². The van der Waals surface area contributed by atoms with Crippen molar-refractivity contribution >= 4 is 6.03 Å². The fourth-order valence-corrected chi connectivity index (χ4v) is 3.52. The van der Waals surface area contributed by atoms with Gasteiger partial charge in [0.25, 0.3) is 0 Å². The highest BCUT2D eigenvalue weighted by Gasteiger charge is 2.31. The van der Waals surface area contributed by atoms with E-state index >= 15 is 0 Å². The Morgan fingerprint density at radius 3 is 2.62 bits per heavy atom.